The number of halogens is 1. The van der Waals surface area contributed by atoms with Crippen LogP contribution in [0.25, 0.3) is 0 Å². The van der Waals surface area contributed by atoms with Gasteiger partial charge in [-0.05, 0) is 72.2 Å². The van der Waals surface area contributed by atoms with Gasteiger partial charge in [-0.1, -0.05) is 40.2 Å². The van der Waals surface area contributed by atoms with E-state index in [1.54, 1.807) is 42.7 Å². The van der Waals surface area contributed by atoms with Crippen LogP contribution in [0.15, 0.2) is 69.3 Å². The second-order valence-corrected chi connectivity index (χ2v) is 12.4. The number of methoxy groups -OCH3 is 1. The predicted octanol–water partition coefficient (Wildman–Crippen LogP) is 5.02. The van der Waals surface area contributed by atoms with Gasteiger partial charge in [-0.2, -0.15) is 4.31 Å². The Hall–Kier alpha value is -2.04. The topological polar surface area (TPSA) is 66.9 Å². The van der Waals surface area contributed by atoms with Gasteiger partial charge < -0.3 is 9.64 Å². The maximum absolute atomic E-state index is 13.8. The Morgan fingerprint density at radius 3 is 2.60 bits per heavy atom. The molecule has 0 saturated carbocycles. The Kier molecular flexibility index (Phi) is 8.44. The van der Waals surface area contributed by atoms with Crippen LogP contribution in [0.1, 0.15) is 34.0 Å². The van der Waals surface area contributed by atoms with Crippen molar-refractivity contribution in [2.45, 2.75) is 30.7 Å². The van der Waals surface area contributed by atoms with E-state index in [1.807, 2.05) is 30.0 Å². The standard InChI is InChI=1S/C26H29BrN2O4S2/c1-19-6-3-4-7-22(19)26-23-13-17-34-24(23)12-15-29(26)25(30)18-28(14-5-16-33-2)35(31,32)21-10-8-20(27)9-11-21/h3-4,6-11,13,17,26H,5,12,14-16,18H2,1-2H3. The highest BCUT2D eigenvalue weighted by Crippen LogP contribution is 2.39. The molecular weight excluding hydrogens is 548 g/mol. The van der Waals surface area contributed by atoms with Gasteiger partial charge in [0.1, 0.15) is 0 Å². The minimum absolute atomic E-state index is 0.167. The summed E-state index contributed by atoms with van der Waals surface area (Å²) in [5.74, 6) is -0.201. The molecule has 186 valence electrons. The van der Waals surface area contributed by atoms with Gasteiger partial charge in [-0.25, -0.2) is 8.42 Å². The van der Waals surface area contributed by atoms with Crippen LogP contribution < -0.4 is 0 Å². The molecule has 0 bridgehead atoms. The third kappa shape index (κ3) is 5.70. The summed E-state index contributed by atoms with van der Waals surface area (Å²) in [6.45, 7) is 2.99. The molecular formula is C26H29BrN2O4S2. The fourth-order valence-electron chi connectivity index (χ4n) is 4.48. The maximum atomic E-state index is 13.8. The van der Waals surface area contributed by atoms with Gasteiger partial charge in [0.2, 0.25) is 15.9 Å². The molecule has 6 nitrogen and oxygen atoms in total. The second-order valence-electron chi connectivity index (χ2n) is 8.53. The van der Waals surface area contributed by atoms with Crippen LogP contribution in [-0.4, -0.2) is 56.9 Å². The van der Waals surface area contributed by atoms with Crippen LogP contribution in [-0.2, 0) is 26.0 Å². The largest absolute Gasteiger partial charge is 0.385 e. The zero-order valence-corrected chi connectivity index (χ0v) is 23.0. The number of sulfonamides is 1. The van der Waals surface area contributed by atoms with Crippen molar-refractivity contribution in [3.63, 3.8) is 0 Å². The van der Waals surface area contributed by atoms with Crippen molar-refractivity contribution in [2.24, 2.45) is 0 Å². The van der Waals surface area contributed by atoms with Gasteiger partial charge in [0, 0.05) is 36.2 Å². The molecule has 1 amide bonds. The number of hydrogen-bond acceptors (Lipinski definition) is 5. The first-order chi connectivity index (χ1) is 16.8. The molecule has 9 heteroatoms. The lowest BCUT2D eigenvalue weighted by atomic mass is 9.90. The summed E-state index contributed by atoms with van der Waals surface area (Å²) in [4.78, 5) is 17.1. The zero-order chi connectivity index (χ0) is 25.0. The van der Waals surface area contributed by atoms with Crippen molar-refractivity contribution in [3.8, 4) is 0 Å². The molecule has 0 N–H and O–H groups in total. The van der Waals surface area contributed by atoms with Crippen LogP contribution >= 0.6 is 27.3 Å². The Bertz CT molecular complexity index is 1270. The Labute approximate surface area is 219 Å². The Morgan fingerprint density at radius 2 is 1.89 bits per heavy atom. The summed E-state index contributed by atoms with van der Waals surface area (Å²) in [7, 11) is -2.28. The molecule has 0 aliphatic carbocycles. The lowest BCUT2D eigenvalue weighted by molar-refractivity contribution is -0.133. The number of hydrogen-bond donors (Lipinski definition) is 0. The fourth-order valence-corrected chi connectivity index (χ4v) is 7.08. The van der Waals surface area contributed by atoms with Gasteiger partial charge in [-0.15, -0.1) is 11.3 Å². The van der Waals surface area contributed by atoms with Crippen molar-refractivity contribution in [3.05, 3.63) is 86.0 Å². The predicted molar refractivity (Wildman–Crippen MR) is 142 cm³/mol. The number of carbonyl (C=O) groups excluding carboxylic acids is 1. The average molecular weight is 578 g/mol. The van der Waals surface area contributed by atoms with E-state index in [4.69, 9.17) is 4.74 Å². The van der Waals surface area contributed by atoms with E-state index < -0.39 is 10.0 Å². The van der Waals surface area contributed by atoms with Crippen LogP contribution in [0.4, 0.5) is 0 Å². The summed E-state index contributed by atoms with van der Waals surface area (Å²) >= 11 is 5.06. The highest BCUT2D eigenvalue weighted by atomic mass is 79.9. The number of aryl methyl sites for hydroxylation is 1. The van der Waals surface area contributed by atoms with Gasteiger partial charge in [-0.3, -0.25) is 4.79 Å². The van der Waals surface area contributed by atoms with Crippen molar-refractivity contribution < 1.29 is 17.9 Å². The quantitative estimate of drug-likeness (QED) is 0.335. The number of ether oxygens (including phenoxy) is 1. The number of fused-ring (bicyclic) bond motifs is 1. The van der Waals surface area contributed by atoms with E-state index in [-0.39, 0.29) is 29.9 Å². The summed E-state index contributed by atoms with van der Waals surface area (Å²) in [5, 5.41) is 2.07. The summed E-state index contributed by atoms with van der Waals surface area (Å²) in [6.07, 6.45) is 1.26. The van der Waals surface area contributed by atoms with Gasteiger partial charge in [0.05, 0.1) is 17.5 Å². The van der Waals surface area contributed by atoms with Crippen molar-refractivity contribution in [2.75, 3.05) is 33.4 Å². The number of rotatable bonds is 9. The molecule has 1 atom stereocenters. The molecule has 1 aliphatic heterocycles. The van der Waals surface area contributed by atoms with Crippen molar-refractivity contribution >= 4 is 43.2 Å². The molecule has 0 spiro atoms. The SMILES string of the molecule is COCCCN(CC(=O)N1CCc2sccc2C1c1ccccc1C)S(=O)(=O)c1ccc(Br)cc1. The first-order valence-electron chi connectivity index (χ1n) is 11.5. The van der Waals surface area contributed by atoms with E-state index in [9.17, 15) is 13.2 Å². The normalized spacial score (nSPS) is 15.9. The molecule has 1 aliphatic rings. The smallest absolute Gasteiger partial charge is 0.243 e. The molecule has 1 aromatic heterocycles. The number of nitrogens with zero attached hydrogens (tertiary/aromatic N) is 2. The second kappa shape index (κ2) is 11.3. The van der Waals surface area contributed by atoms with Gasteiger partial charge in [0.25, 0.3) is 0 Å². The average Bonchev–Trinajstić information content (AvgIpc) is 3.32. The fraction of sp³-hybridized carbons (Fsp3) is 0.346. The molecule has 2 aromatic carbocycles. The number of benzene rings is 2. The highest BCUT2D eigenvalue weighted by Gasteiger charge is 2.36. The minimum atomic E-state index is -3.86. The van der Waals surface area contributed by atoms with Gasteiger partial charge >= 0.3 is 0 Å². The van der Waals surface area contributed by atoms with Crippen LogP contribution in [0.5, 0.6) is 0 Å². The molecule has 0 fully saturated rings. The zero-order valence-electron chi connectivity index (χ0n) is 19.8. The van der Waals surface area contributed by atoms with Gasteiger partial charge in [0.15, 0.2) is 0 Å². The molecule has 0 saturated heterocycles. The van der Waals surface area contributed by atoms with E-state index in [1.165, 1.54) is 9.18 Å². The van der Waals surface area contributed by atoms with E-state index in [0.717, 1.165) is 27.6 Å². The molecule has 2 heterocycles. The summed E-state index contributed by atoms with van der Waals surface area (Å²) < 4.78 is 34.3. The molecule has 0 radical (unpaired) electrons. The van der Waals surface area contributed by atoms with E-state index >= 15 is 0 Å². The minimum Gasteiger partial charge on any atom is -0.385 e. The molecule has 4 rings (SSSR count). The molecule has 3 aromatic rings. The third-order valence-corrected chi connectivity index (χ3v) is 9.67. The lowest BCUT2D eigenvalue weighted by Crippen LogP contribution is -2.47. The maximum Gasteiger partial charge on any atom is 0.243 e. The Balaban J connectivity index is 1.65. The van der Waals surface area contributed by atoms with Crippen LogP contribution in [0.2, 0.25) is 0 Å². The van der Waals surface area contributed by atoms with E-state index in [0.29, 0.717) is 19.6 Å². The lowest BCUT2D eigenvalue weighted by Gasteiger charge is -2.38. The Morgan fingerprint density at radius 1 is 1.14 bits per heavy atom. The summed E-state index contributed by atoms with van der Waals surface area (Å²) in [6, 6.07) is 16.4. The molecule has 1 unspecified atom stereocenters. The van der Waals surface area contributed by atoms with Crippen LogP contribution in [0.3, 0.4) is 0 Å². The summed E-state index contributed by atoms with van der Waals surface area (Å²) in [5.41, 5.74) is 3.31. The highest BCUT2D eigenvalue weighted by molar-refractivity contribution is 9.10. The van der Waals surface area contributed by atoms with Crippen molar-refractivity contribution in [1.29, 1.82) is 0 Å². The first-order valence-corrected chi connectivity index (χ1v) is 14.6. The monoisotopic (exact) mass is 576 g/mol. The number of thiophene rings is 1. The number of amides is 1. The van der Waals surface area contributed by atoms with Crippen LogP contribution in [0, 0.1) is 6.92 Å². The first kappa shape index (κ1) is 26.0. The van der Waals surface area contributed by atoms with Crippen molar-refractivity contribution in [1.82, 2.24) is 9.21 Å². The molecule has 35 heavy (non-hydrogen) atoms. The third-order valence-electron chi connectivity index (χ3n) is 6.29. The number of carbonyl (C=O) groups is 1. The van der Waals surface area contributed by atoms with E-state index in [2.05, 4.69) is 33.4 Å².